The van der Waals surface area contributed by atoms with Crippen LogP contribution in [0.2, 0.25) is 0 Å². The summed E-state index contributed by atoms with van der Waals surface area (Å²) in [7, 11) is 0. The molecule has 182 valence electrons. The van der Waals surface area contributed by atoms with Crippen LogP contribution >= 0.6 is 0 Å². The van der Waals surface area contributed by atoms with Gasteiger partial charge in [-0.2, -0.15) is 0 Å². The van der Waals surface area contributed by atoms with Gasteiger partial charge in [-0.15, -0.1) is 0 Å². The molecule has 1 amide bonds. The summed E-state index contributed by atoms with van der Waals surface area (Å²) < 4.78 is 4.97. The van der Waals surface area contributed by atoms with Gasteiger partial charge in [0.05, 0.1) is 0 Å². The highest BCUT2D eigenvalue weighted by molar-refractivity contribution is 5.90. The molecule has 1 saturated heterocycles. The molecule has 1 aliphatic rings. The van der Waals surface area contributed by atoms with E-state index in [1.807, 2.05) is 0 Å². The molecule has 0 spiro atoms. The Balaban J connectivity index is 1.73. The SMILES string of the molecule is CCCCCCCCCCCCCCCCCCCCCCC(=O)[C@@H]1NC(=O)O[C@@H]1C. The fraction of sp³-hybridized carbons (Fsp3) is 0.926. The molecule has 4 nitrogen and oxygen atoms in total. The summed E-state index contributed by atoms with van der Waals surface area (Å²) in [4.78, 5) is 23.2. The zero-order valence-electron chi connectivity index (χ0n) is 20.7. The van der Waals surface area contributed by atoms with Gasteiger partial charge in [0.1, 0.15) is 12.1 Å². The number of ketones is 1. The van der Waals surface area contributed by atoms with Crippen molar-refractivity contribution < 1.29 is 14.3 Å². The molecule has 0 aromatic carbocycles. The molecule has 1 aliphatic heterocycles. The van der Waals surface area contributed by atoms with Crippen LogP contribution in [0, 0.1) is 0 Å². The Morgan fingerprint density at radius 2 is 1.03 bits per heavy atom. The van der Waals surface area contributed by atoms with Crippen molar-refractivity contribution in [2.24, 2.45) is 0 Å². The Bertz CT molecular complexity index is 452. The third-order valence-electron chi connectivity index (χ3n) is 6.66. The highest BCUT2D eigenvalue weighted by Crippen LogP contribution is 2.16. The number of hydrogen-bond donors (Lipinski definition) is 1. The van der Waals surface area contributed by atoms with E-state index in [-0.39, 0.29) is 11.9 Å². The van der Waals surface area contributed by atoms with Crippen LogP contribution in [0.3, 0.4) is 0 Å². The maximum atomic E-state index is 12.1. The van der Waals surface area contributed by atoms with Gasteiger partial charge in [0.25, 0.3) is 0 Å². The molecule has 1 N–H and O–H groups in total. The van der Waals surface area contributed by atoms with Crippen molar-refractivity contribution in [2.45, 2.75) is 161 Å². The normalized spacial score (nSPS) is 18.2. The Hall–Kier alpha value is -1.06. The highest BCUT2D eigenvalue weighted by atomic mass is 16.6. The van der Waals surface area contributed by atoms with E-state index >= 15 is 0 Å². The Morgan fingerprint density at radius 1 is 0.677 bits per heavy atom. The smallest absolute Gasteiger partial charge is 0.408 e. The molecule has 0 unspecified atom stereocenters. The maximum absolute atomic E-state index is 12.1. The molecule has 0 aliphatic carbocycles. The molecule has 0 aromatic rings. The lowest BCUT2D eigenvalue weighted by Gasteiger charge is -2.11. The first kappa shape index (κ1) is 28.0. The van der Waals surface area contributed by atoms with Crippen LogP contribution in [0.25, 0.3) is 0 Å². The third-order valence-corrected chi connectivity index (χ3v) is 6.66. The number of alkyl carbamates (subject to hydrolysis) is 1. The standard InChI is InChI=1S/C27H51NO3/c1-3-4-5-6-7-8-9-10-11-12-13-14-15-16-17-18-19-20-21-22-23-25(29)26-24(2)31-27(30)28-26/h24,26H,3-23H2,1-2H3,(H,28,30)/t24-,26-/m1/s1. The van der Waals surface area contributed by atoms with E-state index in [9.17, 15) is 9.59 Å². The molecule has 0 saturated carbocycles. The number of carbonyl (C=O) groups excluding carboxylic acids is 2. The summed E-state index contributed by atoms with van der Waals surface area (Å²) in [5, 5.41) is 2.60. The van der Waals surface area contributed by atoms with Gasteiger partial charge in [0.2, 0.25) is 0 Å². The predicted octanol–water partition coefficient (Wildman–Crippen LogP) is 8.26. The van der Waals surface area contributed by atoms with Crippen molar-refractivity contribution in [1.82, 2.24) is 5.32 Å². The second kappa shape index (κ2) is 19.6. The monoisotopic (exact) mass is 437 g/mol. The first-order chi connectivity index (χ1) is 15.1. The van der Waals surface area contributed by atoms with E-state index < -0.39 is 12.1 Å². The molecule has 0 bridgehead atoms. The quantitative estimate of drug-likeness (QED) is 0.173. The first-order valence-electron chi connectivity index (χ1n) is 13.6. The zero-order valence-corrected chi connectivity index (χ0v) is 20.7. The molecule has 1 fully saturated rings. The lowest BCUT2D eigenvalue weighted by Crippen LogP contribution is -2.38. The number of nitrogens with one attached hydrogen (secondary N) is 1. The number of amides is 1. The Morgan fingerprint density at radius 3 is 1.35 bits per heavy atom. The predicted molar refractivity (Wildman–Crippen MR) is 131 cm³/mol. The minimum absolute atomic E-state index is 0.112. The molecule has 0 aromatic heterocycles. The van der Waals surface area contributed by atoms with Crippen molar-refractivity contribution >= 4 is 11.9 Å². The number of unbranched alkanes of at least 4 members (excludes halogenated alkanes) is 19. The largest absolute Gasteiger partial charge is 0.444 e. The van der Waals surface area contributed by atoms with Crippen molar-refractivity contribution in [3.63, 3.8) is 0 Å². The van der Waals surface area contributed by atoms with Gasteiger partial charge in [-0.3, -0.25) is 4.79 Å². The minimum atomic E-state index is -0.464. The van der Waals surface area contributed by atoms with Gasteiger partial charge in [0, 0.05) is 6.42 Å². The molecule has 2 atom stereocenters. The second-order valence-corrected chi connectivity index (χ2v) is 9.67. The highest BCUT2D eigenvalue weighted by Gasteiger charge is 2.35. The van der Waals surface area contributed by atoms with E-state index in [1.54, 1.807) is 6.92 Å². The zero-order chi connectivity index (χ0) is 22.6. The number of cyclic esters (lactones) is 1. The van der Waals surface area contributed by atoms with Crippen LogP contribution in [-0.4, -0.2) is 24.0 Å². The number of hydrogen-bond acceptors (Lipinski definition) is 3. The van der Waals surface area contributed by atoms with Crippen LogP contribution in [0.4, 0.5) is 4.79 Å². The summed E-state index contributed by atoms with van der Waals surface area (Å²) in [6.45, 7) is 4.06. The minimum Gasteiger partial charge on any atom is -0.444 e. The number of carbonyl (C=O) groups is 2. The Labute approximate surface area is 192 Å². The summed E-state index contributed by atoms with van der Waals surface area (Å²) in [6.07, 6.45) is 27.0. The molecule has 0 radical (unpaired) electrons. The summed E-state index contributed by atoms with van der Waals surface area (Å²) in [5.74, 6) is 0.112. The van der Waals surface area contributed by atoms with E-state index in [2.05, 4.69) is 12.2 Å². The maximum Gasteiger partial charge on any atom is 0.408 e. The van der Waals surface area contributed by atoms with Gasteiger partial charge >= 0.3 is 6.09 Å². The number of rotatable bonds is 22. The summed E-state index contributed by atoms with van der Waals surface area (Å²) in [6, 6.07) is -0.437. The van der Waals surface area contributed by atoms with Gasteiger partial charge in [-0.25, -0.2) is 4.79 Å². The molecular formula is C27H51NO3. The molecule has 1 rings (SSSR count). The van der Waals surface area contributed by atoms with Crippen LogP contribution < -0.4 is 5.32 Å². The van der Waals surface area contributed by atoms with E-state index in [1.165, 1.54) is 116 Å². The van der Waals surface area contributed by atoms with E-state index in [0.717, 1.165) is 12.8 Å². The molecule has 4 heteroatoms. The van der Waals surface area contributed by atoms with Gasteiger partial charge in [-0.05, 0) is 13.3 Å². The van der Waals surface area contributed by atoms with Crippen LogP contribution in [-0.2, 0) is 9.53 Å². The van der Waals surface area contributed by atoms with Crippen molar-refractivity contribution in [3.8, 4) is 0 Å². The van der Waals surface area contributed by atoms with Crippen molar-refractivity contribution in [2.75, 3.05) is 0 Å². The molecule has 1 heterocycles. The fourth-order valence-electron chi connectivity index (χ4n) is 4.57. The van der Waals surface area contributed by atoms with Crippen LogP contribution in [0.1, 0.15) is 149 Å². The van der Waals surface area contributed by atoms with Gasteiger partial charge in [-0.1, -0.05) is 129 Å². The fourth-order valence-corrected chi connectivity index (χ4v) is 4.57. The topological polar surface area (TPSA) is 55.4 Å². The van der Waals surface area contributed by atoms with Crippen LogP contribution in [0.15, 0.2) is 0 Å². The lowest BCUT2D eigenvalue weighted by atomic mass is 10.0. The van der Waals surface area contributed by atoms with Crippen molar-refractivity contribution in [3.05, 3.63) is 0 Å². The Kier molecular flexibility index (Phi) is 17.7. The van der Waals surface area contributed by atoms with Crippen LogP contribution in [0.5, 0.6) is 0 Å². The average Bonchev–Trinajstić information content (AvgIpc) is 3.10. The van der Waals surface area contributed by atoms with Crippen molar-refractivity contribution in [1.29, 1.82) is 0 Å². The van der Waals surface area contributed by atoms with E-state index in [4.69, 9.17) is 4.74 Å². The lowest BCUT2D eigenvalue weighted by molar-refractivity contribution is -0.121. The first-order valence-corrected chi connectivity index (χ1v) is 13.6. The summed E-state index contributed by atoms with van der Waals surface area (Å²) >= 11 is 0. The van der Waals surface area contributed by atoms with E-state index in [0.29, 0.717) is 6.42 Å². The van der Waals surface area contributed by atoms with Gasteiger partial charge < -0.3 is 10.1 Å². The molecule has 31 heavy (non-hydrogen) atoms. The number of Topliss-reactive ketones (excluding diaryl/α,β-unsaturated/α-hetero) is 1. The second-order valence-electron chi connectivity index (χ2n) is 9.67. The molecular weight excluding hydrogens is 386 g/mol. The average molecular weight is 438 g/mol. The number of ether oxygens (including phenoxy) is 1. The van der Waals surface area contributed by atoms with Gasteiger partial charge in [0.15, 0.2) is 5.78 Å². The third kappa shape index (κ3) is 15.4. The summed E-state index contributed by atoms with van der Waals surface area (Å²) in [5.41, 5.74) is 0.